The standard InChI is InChI=1S/C16H16N5Se/c1-10-4-3-5-11(6-10)7-21-8-12(14(17)22)13-15(18-2)19-9-20-16(13)21/h3-6,8-9,17H,7H2,1-2H3,(H,18,19,20). The van der Waals surface area contributed by atoms with Crippen LogP contribution in [0.3, 0.4) is 0 Å². The Morgan fingerprint density at radius 3 is 2.86 bits per heavy atom. The van der Waals surface area contributed by atoms with Crippen molar-refractivity contribution in [2.45, 2.75) is 13.5 Å². The van der Waals surface area contributed by atoms with Gasteiger partial charge in [0.25, 0.3) is 0 Å². The van der Waals surface area contributed by atoms with Crippen LogP contribution in [-0.2, 0) is 6.54 Å². The normalized spacial score (nSPS) is 10.8. The van der Waals surface area contributed by atoms with Crippen LogP contribution >= 0.6 is 0 Å². The van der Waals surface area contributed by atoms with Crippen LogP contribution in [0.15, 0.2) is 36.8 Å². The van der Waals surface area contributed by atoms with E-state index in [9.17, 15) is 0 Å². The van der Waals surface area contributed by atoms with Crippen LogP contribution in [0.2, 0.25) is 0 Å². The zero-order chi connectivity index (χ0) is 15.7. The molecule has 0 aliphatic rings. The van der Waals surface area contributed by atoms with Crippen LogP contribution < -0.4 is 5.32 Å². The Kier molecular flexibility index (Phi) is 3.96. The number of anilines is 1. The quantitative estimate of drug-likeness (QED) is 0.556. The molecule has 3 rings (SSSR count). The van der Waals surface area contributed by atoms with E-state index in [-0.39, 0.29) is 0 Å². The van der Waals surface area contributed by atoms with Crippen molar-refractivity contribution >= 4 is 37.5 Å². The summed E-state index contributed by atoms with van der Waals surface area (Å²) >= 11 is 2.77. The maximum absolute atomic E-state index is 7.96. The van der Waals surface area contributed by atoms with Gasteiger partial charge in [0.05, 0.1) is 0 Å². The average Bonchev–Trinajstić information content (AvgIpc) is 2.86. The molecule has 22 heavy (non-hydrogen) atoms. The van der Waals surface area contributed by atoms with E-state index in [2.05, 4.69) is 67.1 Å². The Hall–Kier alpha value is -2.17. The van der Waals surface area contributed by atoms with E-state index >= 15 is 0 Å². The first-order chi connectivity index (χ1) is 10.6. The number of fused-ring (bicyclic) bond motifs is 1. The Labute approximate surface area is 137 Å². The van der Waals surface area contributed by atoms with Crippen molar-refractivity contribution in [3.8, 4) is 0 Å². The number of benzene rings is 1. The molecule has 0 bridgehead atoms. The summed E-state index contributed by atoms with van der Waals surface area (Å²) < 4.78 is 2.45. The number of hydrogen-bond acceptors (Lipinski definition) is 4. The van der Waals surface area contributed by atoms with Gasteiger partial charge in [0.2, 0.25) is 0 Å². The molecule has 1 radical (unpaired) electrons. The molecule has 0 saturated carbocycles. The Morgan fingerprint density at radius 2 is 2.18 bits per heavy atom. The average molecular weight is 357 g/mol. The van der Waals surface area contributed by atoms with Gasteiger partial charge in [0, 0.05) is 0 Å². The first-order valence-corrected chi connectivity index (χ1v) is 7.79. The summed E-state index contributed by atoms with van der Waals surface area (Å²) in [5.41, 5.74) is 4.08. The molecule has 3 aromatic rings. The summed E-state index contributed by atoms with van der Waals surface area (Å²) in [5.74, 6) is 0.739. The van der Waals surface area contributed by atoms with E-state index in [1.807, 2.05) is 13.2 Å². The van der Waals surface area contributed by atoms with E-state index < -0.39 is 0 Å². The van der Waals surface area contributed by atoms with Gasteiger partial charge >= 0.3 is 137 Å². The number of rotatable bonds is 4. The molecule has 5 nitrogen and oxygen atoms in total. The summed E-state index contributed by atoms with van der Waals surface area (Å²) in [6.45, 7) is 2.80. The van der Waals surface area contributed by atoms with Crippen molar-refractivity contribution in [2.24, 2.45) is 0 Å². The second-order valence-corrected chi connectivity index (χ2v) is 6.02. The molecule has 0 aliphatic carbocycles. The fraction of sp³-hybridized carbons (Fsp3) is 0.188. The molecule has 2 aromatic heterocycles. The van der Waals surface area contributed by atoms with Gasteiger partial charge in [0.15, 0.2) is 0 Å². The van der Waals surface area contributed by atoms with Crippen LogP contribution in [-0.4, -0.2) is 42.2 Å². The van der Waals surface area contributed by atoms with Crippen molar-refractivity contribution in [2.75, 3.05) is 12.4 Å². The first kappa shape index (κ1) is 14.8. The first-order valence-electron chi connectivity index (χ1n) is 6.93. The SMILES string of the molecule is CNc1ncnc2c1c(C(=N)[Se])cn2Cc1cccc(C)c1. The van der Waals surface area contributed by atoms with Crippen molar-refractivity contribution in [1.29, 1.82) is 5.41 Å². The fourth-order valence-corrected chi connectivity index (χ4v) is 2.94. The Morgan fingerprint density at radius 1 is 1.36 bits per heavy atom. The Balaban J connectivity index is 2.16. The zero-order valence-electron chi connectivity index (χ0n) is 12.4. The van der Waals surface area contributed by atoms with Crippen molar-refractivity contribution in [3.63, 3.8) is 0 Å². The fourth-order valence-electron chi connectivity index (χ4n) is 2.61. The van der Waals surface area contributed by atoms with Crippen LogP contribution in [0.4, 0.5) is 5.82 Å². The monoisotopic (exact) mass is 358 g/mol. The van der Waals surface area contributed by atoms with Gasteiger partial charge in [0.1, 0.15) is 0 Å². The van der Waals surface area contributed by atoms with Gasteiger partial charge in [-0.2, -0.15) is 0 Å². The van der Waals surface area contributed by atoms with Gasteiger partial charge in [-0.1, -0.05) is 0 Å². The van der Waals surface area contributed by atoms with Gasteiger partial charge < -0.3 is 0 Å². The molecule has 111 valence electrons. The van der Waals surface area contributed by atoms with E-state index in [4.69, 9.17) is 5.41 Å². The third-order valence-electron chi connectivity index (χ3n) is 3.57. The number of aryl methyl sites for hydroxylation is 1. The molecule has 0 atom stereocenters. The molecule has 0 saturated heterocycles. The summed E-state index contributed by atoms with van der Waals surface area (Å²) in [4.78, 5) is 8.67. The second-order valence-electron chi connectivity index (χ2n) is 5.16. The van der Waals surface area contributed by atoms with Crippen LogP contribution in [0, 0.1) is 12.3 Å². The molecular formula is C16H16N5Se. The molecule has 0 aliphatic heterocycles. The summed E-state index contributed by atoms with van der Waals surface area (Å²) in [6.07, 6.45) is 3.51. The number of hydrogen-bond donors (Lipinski definition) is 2. The second kappa shape index (κ2) is 5.91. The van der Waals surface area contributed by atoms with Gasteiger partial charge in [-0.05, 0) is 0 Å². The van der Waals surface area contributed by atoms with E-state index in [0.717, 1.165) is 22.4 Å². The molecule has 0 unspecified atom stereocenters. The molecular weight excluding hydrogens is 341 g/mol. The van der Waals surface area contributed by atoms with E-state index in [1.165, 1.54) is 11.1 Å². The number of nitrogens with one attached hydrogen (secondary N) is 2. The summed E-state index contributed by atoms with van der Waals surface area (Å²) in [7, 11) is 1.83. The molecule has 0 spiro atoms. The predicted octanol–water partition coefficient (Wildman–Crippen LogP) is 2.32. The molecule has 6 heteroatoms. The molecule has 0 amide bonds. The minimum atomic E-state index is 0.388. The molecule has 1 aromatic carbocycles. The topological polar surface area (TPSA) is 66.6 Å². The molecule has 0 fully saturated rings. The zero-order valence-corrected chi connectivity index (χ0v) is 14.1. The van der Waals surface area contributed by atoms with E-state index in [0.29, 0.717) is 11.2 Å². The third kappa shape index (κ3) is 2.63. The van der Waals surface area contributed by atoms with Crippen LogP contribution in [0.5, 0.6) is 0 Å². The van der Waals surface area contributed by atoms with Gasteiger partial charge in [-0.15, -0.1) is 0 Å². The number of aromatic nitrogens is 3. The van der Waals surface area contributed by atoms with E-state index in [1.54, 1.807) is 6.33 Å². The van der Waals surface area contributed by atoms with Crippen molar-refractivity contribution in [3.05, 3.63) is 53.5 Å². The van der Waals surface area contributed by atoms with Crippen molar-refractivity contribution < 1.29 is 0 Å². The Bertz CT molecular complexity index is 853. The summed E-state index contributed by atoms with van der Waals surface area (Å²) in [6, 6.07) is 8.40. The van der Waals surface area contributed by atoms with Gasteiger partial charge in [-0.25, -0.2) is 0 Å². The predicted molar refractivity (Wildman–Crippen MR) is 89.9 cm³/mol. The number of nitrogens with zero attached hydrogens (tertiary/aromatic N) is 3. The summed E-state index contributed by atoms with van der Waals surface area (Å²) in [5, 5.41) is 11.9. The molecule has 2 N–H and O–H groups in total. The van der Waals surface area contributed by atoms with Gasteiger partial charge in [-0.3, -0.25) is 0 Å². The van der Waals surface area contributed by atoms with Crippen LogP contribution in [0.1, 0.15) is 16.7 Å². The van der Waals surface area contributed by atoms with Crippen molar-refractivity contribution in [1.82, 2.24) is 14.5 Å². The minimum absolute atomic E-state index is 0.388. The molecule has 2 heterocycles. The third-order valence-corrected chi connectivity index (χ3v) is 4.03. The maximum atomic E-state index is 7.96. The van der Waals surface area contributed by atoms with Crippen LogP contribution in [0.25, 0.3) is 11.0 Å².